The third-order valence-corrected chi connectivity index (χ3v) is 2.90. The highest BCUT2D eigenvalue weighted by Crippen LogP contribution is 2.21. The SMILES string of the molecule is O=C(Cn1cc(Cl)cn1)c1cc(Cl)ccc1Cl. The molecule has 1 aromatic carbocycles. The van der Waals surface area contributed by atoms with Gasteiger partial charge in [0, 0.05) is 16.8 Å². The average molecular weight is 290 g/mol. The molecule has 0 N–H and O–H groups in total. The van der Waals surface area contributed by atoms with Crippen LogP contribution in [0.2, 0.25) is 15.1 Å². The maximum Gasteiger partial charge on any atom is 0.185 e. The summed E-state index contributed by atoms with van der Waals surface area (Å²) >= 11 is 17.4. The summed E-state index contributed by atoms with van der Waals surface area (Å²) in [5.41, 5.74) is 0.380. The Bertz CT molecular complexity index is 566. The van der Waals surface area contributed by atoms with E-state index in [1.807, 2.05) is 0 Å². The topological polar surface area (TPSA) is 34.9 Å². The number of carbonyl (C=O) groups excluding carboxylic acids is 1. The van der Waals surface area contributed by atoms with Crippen LogP contribution in [0.4, 0.5) is 0 Å². The molecule has 0 atom stereocenters. The van der Waals surface area contributed by atoms with Crippen LogP contribution in [-0.4, -0.2) is 15.6 Å². The number of nitrogens with zero attached hydrogens (tertiary/aromatic N) is 2. The van der Waals surface area contributed by atoms with Crippen molar-refractivity contribution < 1.29 is 4.79 Å². The molecule has 0 unspecified atom stereocenters. The predicted molar refractivity (Wildman–Crippen MR) is 68.0 cm³/mol. The van der Waals surface area contributed by atoms with E-state index in [9.17, 15) is 4.79 Å². The summed E-state index contributed by atoms with van der Waals surface area (Å²) < 4.78 is 1.45. The van der Waals surface area contributed by atoms with E-state index in [1.165, 1.54) is 16.9 Å². The second-order valence-corrected chi connectivity index (χ2v) is 4.68. The molecule has 0 bridgehead atoms. The van der Waals surface area contributed by atoms with Gasteiger partial charge in [0.1, 0.15) is 6.54 Å². The molecule has 1 heterocycles. The fourth-order valence-electron chi connectivity index (χ4n) is 1.37. The van der Waals surface area contributed by atoms with Gasteiger partial charge in [0.15, 0.2) is 5.78 Å². The Balaban J connectivity index is 2.22. The number of Topliss-reactive ketones (excluding diaryl/α,β-unsaturated/α-hetero) is 1. The molecule has 1 aromatic heterocycles. The minimum absolute atomic E-state index is 0.0762. The first-order valence-electron chi connectivity index (χ1n) is 4.72. The molecule has 0 fully saturated rings. The molecule has 2 aromatic rings. The second kappa shape index (κ2) is 5.08. The summed E-state index contributed by atoms with van der Waals surface area (Å²) in [6.07, 6.45) is 3.03. The lowest BCUT2D eigenvalue weighted by atomic mass is 10.1. The van der Waals surface area contributed by atoms with Crippen LogP contribution in [0.15, 0.2) is 30.6 Å². The number of rotatable bonds is 3. The van der Waals surface area contributed by atoms with Crippen molar-refractivity contribution in [2.75, 3.05) is 0 Å². The number of hydrogen-bond donors (Lipinski definition) is 0. The van der Waals surface area contributed by atoms with Crippen LogP contribution in [0.25, 0.3) is 0 Å². The van der Waals surface area contributed by atoms with E-state index in [4.69, 9.17) is 34.8 Å². The van der Waals surface area contributed by atoms with Crippen molar-refractivity contribution in [2.45, 2.75) is 6.54 Å². The Morgan fingerprint density at radius 1 is 1.24 bits per heavy atom. The van der Waals surface area contributed by atoms with Crippen LogP contribution in [0.3, 0.4) is 0 Å². The molecule has 0 saturated heterocycles. The van der Waals surface area contributed by atoms with E-state index in [0.717, 1.165) is 0 Å². The number of halogens is 3. The molecular formula is C11H7Cl3N2O. The quantitative estimate of drug-likeness (QED) is 0.807. The third kappa shape index (κ3) is 3.00. The lowest BCUT2D eigenvalue weighted by Crippen LogP contribution is -2.11. The largest absolute Gasteiger partial charge is 0.292 e. The van der Waals surface area contributed by atoms with Gasteiger partial charge in [-0.3, -0.25) is 9.48 Å². The Kier molecular flexibility index (Phi) is 3.72. The normalized spacial score (nSPS) is 10.5. The fourth-order valence-corrected chi connectivity index (χ4v) is 1.92. The zero-order valence-corrected chi connectivity index (χ0v) is 10.8. The summed E-state index contributed by atoms with van der Waals surface area (Å²) in [5, 5.41) is 5.24. The van der Waals surface area contributed by atoms with Gasteiger partial charge in [-0.25, -0.2) is 0 Å². The summed E-state index contributed by atoms with van der Waals surface area (Å²) in [5.74, 6) is -0.169. The van der Waals surface area contributed by atoms with Gasteiger partial charge >= 0.3 is 0 Å². The number of benzene rings is 1. The number of carbonyl (C=O) groups is 1. The Hall–Kier alpha value is -1.03. The number of ketones is 1. The lowest BCUT2D eigenvalue weighted by molar-refractivity contribution is 0.0968. The van der Waals surface area contributed by atoms with Gasteiger partial charge in [0.25, 0.3) is 0 Å². The van der Waals surface area contributed by atoms with Crippen molar-refractivity contribution >= 4 is 40.6 Å². The van der Waals surface area contributed by atoms with E-state index < -0.39 is 0 Å². The van der Waals surface area contributed by atoms with Crippen molar-refractivity contribution in [3.8, 4) is 0 Å². The molecule has 0 aliphatic heterocycles. The summed E-state index contributed by atoms with van der Waals surface area (Å²) in [6, 6.07) is 4.76. The van der Waals surface area contributed by atoms with Gasteiger partial charge in [-0.05, 0) is 18.2 Å². The van der Waals surface area contributed by atoms with Gasteiger partial charge in [0.05, 0.1) is 16.2 Å². The zero-order valence-electron chi connectivity index (χ0n) is 8.53. The van der Waals surface area contributed by atoms with E-state index in [2.05, 4.69) is 5.10 Å². The molecule has 0 aliphatic carbocycles. The minimum Gasteiger partial charge on any atom is -0.292 e. The Morgan fingerprint density at radius 3 is 2.65 bits per heavy atom. The summed E-state index contributed by atoms with van der Waals surface area (Å²) in [4.78, 5) is 11.9. The van der Waals surface area contributed by atoms with Crippen LogP contribution < -0.4 is 0 Å². The van der Waals surface area contributed by atoms with Crippen LogP contribution in [0, 0.1) is 0 Å². The smallest absolute Gasteiger partial charge is 0.185 e. The molecule has 0 radical (unpaired) electrons. The fraction of sp³-hybridized carbons (Fsp3) is 0.0909. The first kappa shape index (κ1) is 12.4. The molecule has 0 spiro atoms. The molecule has 0 aliphatic rings. The second-order valence-electron chi connectivity index (χ2n) is 3.40. The van der Waals surface area contributed by atoms with E-state index in [0.29, 0.717) is 20.6 Å². The van der Waals surface area contributed by atoms with E-state index in [1.54, 1.807) is 18.3 Å². The van der Waals surface area contributed by atoms with Crippen LogP contribution in [-0.2, 0) is 6.54 Å². The van der Waals surface area contributed by atoms with E-state index >= 15 is 0 Å². The molecule has 0 saturated carbocycles. The molecule has 88 valence electrons. The highest BCUT2D eigenvalue weighted by atomic mass is 35.5. The Labute approximate surface area is 113 Å². The van der Waals surface area contributed by atoms with Gasteiger partial charge in [-0.2, -0.15) is 5.10 Å². The van der Waals surface area contributed by atoms with Gasteiger partial charge < -0.3 is 0 Å². The van der Waals surface area contributed by atoms with Crippen LogP contribution in [0.1, 0.15) is 10.4 Å². The van der Waals surface area contributed by atoms with Crippen LogP contribution in [0.5, 0.6) is 0 Å². The lowest BCUT2D eigenvalue weighted by Gasteiger charge is -2.04. The number of aromatic nitrogens is 2. The molecular weight excluding hydrogens is 282 g/mol. The zero-order chi connectivity index (χ0) is 12.4. The number of hydrogen-bond acceptors (Lipinski definition) is 2. The molecule has 3 nitrogen and oxygen atoms in total. The van der Waals surface area contributed by atoms with E-state index in [-0.39, 0.29) is 12.3 Å². The van der Waals surface area contributed by atoms with Crippen molar-refractivity contribution in [1.29, 1.82) is 0 Å². The highest BCUT2D eigenvalue weighted by Gasteiger charge is 2.12. The van der Waals surface area contributed by atoms with Gasteiger partial charge in [0.2, 0.25) is 0 Å². The molecule has 2 rings (SSSR count). The monoisotopic (exact) mass is 288 g/mol. The summed E-state index contributed by atoms with van der Waals surface area (Å²) in [6.45, 7) is 0.0762. The standard InChI is InChI=1S/C11H7Cl3N2O/c12-7-1-2-10(14)9(3-7)11(17)6-16-5-8(13)4-15-16/h1-5H,6H2. The van der Waals surface area contributed by atoms with Crippen molar-refractivity contribution in [2.24, 2.45) is 0 Å². The maximum atomic E-state index is 11.9. The molecule has 17 heavy (non-hydrogen) atoms. The van der Waals surface area contributed by atoms with Crippen LogP contribution >= 0.6 is 34.8 Å². The predicted octanol–water partition coefficient (Wildman–Crippen LogP) is 3.73. The Morgan fingerprint density at radius 2 is 2.00 bits per heavy atom. The molecule has 0 amide bonds. The highest BCUT2D eigenvalue weighted by molar-refractivity contribution is 6.35. The van der Waals surface area contributed by atoms with Crippen molar-refractivity contribution in [3.05, 3.63) is 51.2 Å². The first-order valence-corrected chi connectivity index (χ1v) is 5.86. The van der Waals surface area contributed by atoms with Gasteiger partial charge in [-0.1, -0.05) is 34.8 Å². The van der Waals surface area contributed by atoms with Gasteiger partial charge in [-0.15, -0.1) is 0 Å². The third-order valence-electron chi connectivity index (χ3n) is 2.14. The average Bonchev–Trinajstić information content (AvgIpc) is 2.67. The molecule has 6 heteroatoms. The van der Waals surface area contributed by atoms with Crippen molar-refractivity contribution in [3.63, 3.8) is 0 Å². The summed E-state index contributed by atoms with van der Waals surface area (Å²) in [7, 11) is 0. The minimum atomic E-state index is -0.169. The maximum absolute atomic E-state index is 11.9. The first-order chi connectivity index (χ1) is 8.06. The van der Waals surface area contributed by atoms with Crippen molar-refractivity contribution in [1.82, 2.24) is 9.78 Å².